The van der Waals surface area contributed by atoms with Crippen LogP contribution >= 0.6 is 11.3 Å². The molecular weight excluding hydrogens is 458 g/mol. The molecule has 2 heterocycles. The zero-order valence-corrected chi connectivity index (χ0v) is 23.6. The molecule has 6 nitrogen and oxygen atoms in total. The molecule has 0 bridgehead atoms. The summed E-state index contributed by atoms with van der Waals surface area (Å²) in [4.78, 5) is 19.3. The van der Waals surface area contributed by atoms with Gasteiger partial charge in [-0.25, -0.2) is 4.98 Å². The summed E-state index contributed by atoms with van der Waals surface area (Å²) in [5.74, 6) is 1.33. The van der Waals surface area contributed by atoms with Gasteiger partial charge in [-0.1, -0.05) is 34.6 Å². The number of fused-ring (bicyclic) bond motifs is 1. The molecule has 1 fully saturated rings. The Hall–Kier alpha value is -1.96. The Bertz CT molecular complexity index is 895. The number of thiazole rings is 1. The first-order chi connectivity index (χ1) is 17.0. The van der Waals surface area contributed by atoms with Crippen molar-refractivity contribution in [3.05, 3.63) is 39.9 Å². The molecule has 1 unspecified atom stereocenters. The molecule has 0 spiro atoms. The van der Waals surface area contributed by atoms with Crippen molar-refractivity contribution >= 4 is 22.4 Å². The molecule has 35 heavy (non-hydrogen) atoms. The van der Waals surface area contributed by atoms with E-state index in [1.807, 2.05) is 40.0 Å². The number of carbonyl (C=O) groups is 1. The highest BCUT2D eigenvalue weighted by molar-refractivity contribution is 7.13. The fraction of sp³-hybridized carbons (Fsp3) is 0.643. The zero-order chi connectivity index (χ0) is 25.8. The van der Waals surface area contributed by atoms with Crippen LogP contribution in [0.15, 0.2) is 17.6 Å². The molecule has 1 aliphatic heterocycles. The van der Waals surface area contributed by atoms with Crippen LogP contribution in [0.2, 0.25) is 0 Å². The summed E-state index contributed by atoms with van der Waals surface area (Å²) >= 11 is 1.46. The van der Waals surface area contributed by atoms with Crippen LogP contribution in [-0.2, 0) is 22.4 Å². The maximum atomic E-state index is 12.7. The van der Waals surface area contributed by atoms with Crippen LogP contribution in [-0.4, -0.2) is 55.2 Å². The highest BCUT2D eigenvalue weighted by Gasteiger charge is 2.30. The number of nitrogens with zero attached hydrogens (tertiary/aromatic N) is 2. The average molecular weight is 504 g/mol. The average Bonchev–Trinajstić information content (AvgIpc) is 3.42. The summed E-state index contributed by atoms with van der Waals surface area (Å²) in [6.45, 7) is 19.6. The number of rotatable bonds is 7. The van der Waals surface area contributed by atoms with E-state index in [1.54, 1.807) is 6.20 Å². The van der Waals surface area contributed by atoms with Gasteiger partial charge >= 0.3 is 0 Å². The molecule has 1 amide bonds. The molecule has 4 rings (SSSR count). The van der Waals surface area contributed by atoms with E-state index in [9.17, 15) is 4.79 Å². The quantitative estimate of drug-likeness (QED) is 0.509. The van der Waals surface area contributed by atoms with Gasteiger partial charge in [-0.05, 0) is 67.3 Å². The minimum atomic E-state index is -0.0531. The molecule has 2 aromatic rings. The molecule has 0 saturated carbocycles. The van der Waals surface area contributed by atoms with Gasteiger partial charge in [-0.3, -0.25) is 9.69 Å². The number of nitrogens with one attached hydrogen (secondary N) is 1. The van der Waals surface area contributed by atoms with Crippen molar-refractivity contribution in [2.24, 2.45) is 11.8 Å². The standard InChI is InChI=1S/C24H33N3O3S.2C2H6/c1-16-14-22(30-12-9-27-7-10-29-11-8-27)18(3)21-15-19(4-5-20(16)21)17(2)23(28)26-24-25-6-13-31-24;2*1-2/h6,13-14,17,19H,4-5,7-12,15H2,1-3H3,(H,25,26,28);2*1-2H3/t17-,19?;;/m0../s1. The maximum absolute atomic E-state index is 12.7. The first-order valence-corrected chi connectivity index (χ1v) is 14.2. The highest BCUT2D eigenvalue weighted by Crippen LogP contribution is 2.38. The van der Waals surface area contributed by atoms with Crippen LogP contribution in [0.4, 0.5) is 5.13 Å². The second-order valence-corrected chi connectivity index (χ2v) is 9.59. The lowest BCUT2D eigenvalue weighted by atomic mass is 9.75. The van der Waals surface area contributed by atoms with Crippen LogP contribution in [0.1, 0.15) is 63.3 Å². The molecule has 1 aromatic carbocycles. The third kappa shape index (κ3) is 8.02. The molecule has 1 N–H and O–H groups in total. The van der Waals surface area contributed by atoms with Crippen molar-refractivity contribution in [1.82, 2.24) is 9.88 Å². The van der Waals surface area contributed by atoms with E-state index >= 15 is 0 Å². The molecule has 1 aromatic heterocycles. The summed E-state index contributed by atoms with van der Waals surface area (Å²) in [5.41, 5.74) is 5.37. The number of aromatic nitrogens is 1. The maximum Gasteiger partial charge on any atom is 0.229 e. The summed E-state index contributed by atoms with van der Waals surface area (Å²) in [6, 6.07) is 2.20. The molecule has 1 saturated heterocycles. The van der Waals surface area contributed by atoms with E-state index < -0.39 is 0 Å². The van der Waals surface area contributed by atoms with Gasteiger partial charge in [0, 0.05) is 37.1 Å². The van der Waals surface area contributed by atoms with Gasteiger partial charge in [0.1, 0.15) is 12.4 Å². The highest BCUT2D eigenvalue weighted by atomic mass is 32.1. The van der Waals surface area contributed by atoms with Crippen LogP contribution in [0.25, 0.3) is 0 Å². The van der Waals surface area contributed by atoms with Gasteiger partial charge in [0.15, 0.2) is 5.13 Å². The predicted octanol–water partition coefficient (Wildman–Crippen LogP) is 5.90. The first-order valence-electron chi connectivity index (χ1n) is 13.3. The summed E-state index contributed by atoms with van der Waals surface area (Å²) in [5, 5.41) is 5.53. The molecule has 0 radical (unpaired) electrons. The van der Waals surface area contributed by atoms with Crippen molar-refractivity contribution in [2.45, 2.75) is 67.7 Å². The van der Waals surface area contributed by atoms with Crippen molar-refractivity contribution in [2.75, 3.05) is 44.8 Å². The second kappa shape index (κ2) is 15.2. The summed E-state index contributed by atoms with van der Waals surface area (Å²) < 4.78 is 11.7. The second-order valence-electron chi connectivity index (χ2n) is 8.69. The van der Waals surface area contributed by atoms with Crippen molar-refractivity contribution < 1.29 is 14.3 Å². The Labute approximate surface area is 216 Å². The van der Waals surface area contributed by atoms with E-state index in [0.29, 0.717) is 17.7 Å². The normalized spacial score (nSPS) is 18.2. The number of aryl methyl sites for hydroxylation is 1. The lowest BCUT2D eigenvalue weighted by Crippen LogP contribution is -2.38. The Kier molecular flexibility index (Phi) is 12.7. The number of morpholine rings is 1. The fourth-order valence-electron chi connectivity index (χ4n) is 4.73. The smallest absolute Gasteiger partial charge is 0.229 e. The van der Waals surface area contributed by atoms with Crippen LogP contribution < -0.4 is 10.1 Å². The minimum Gasteiger partial charge on any atom is -0.492 e. The number of hydrogen-bond acceptors (Lipinski definition) is 6. The van der Waals surface area contributed by atoms with Crippen molar-refractivity contribution in [3.63, 3.8) is 0 Å². The third-order valence-electron chi connectivity index (χ3n) is 6.79. The minimum absolute atomic E-state index is 0.0531. The van der Waals surface area contributed by atoms with E-state index in [4.69, 9.17) is 9.47 Å². The van der Waals surface area contributed by atoms with Crippen LogP contribution in [0.3, 0.4) is 0 Å². The number of ether oxygens (including phenoxy) is 2. The Morgan fingerprint density at radius 3 is 2.60 bits per heavy atom. The predicted molar refractivity (Wildman–Crippen MR) is 147 cm³/mol. The van der Waals surface area contributed by atoms with Gasteiger partial charge in [-0.2, -0.15) is 0 Å². The lowest BCUT2D eigenvalue weighted by molar-refractivity contribution is -0.121. The molecular formula is C28H45N3O3S. The van der Waals surface area contributed by atoms with Crippen molar-refractivity contribution in [3.8, 4) is 5.75 Å². The molecule has 2 atom stereocenters. The van der Waals surface area contributed by atoms with E-state index in [1.165, 1.54) is 33.6 Å². The Morgan fingerprint density at radius 2 is 1.94 bits per heavy atom. The van der Waals surface area contributed by atoms with Gasteiger partial charge < -0.3 is 14.8 Å². The topological polar surface area (TPSA) is 63.7 Å². The van der Waals surface area contributed by atoms with Crippen molar-refractivity contribution in [1.29, 1.82) is 0 Å². The molecule has 1 aliphatic carbocycles. The zero-order valence-electron chi connectivity index (χ0n) is 22.8. The summed E-state index contributed by atoms with van der Waals surface area (Å²) in [7, 11) is 0. The Morgan fingerprint density at radius 1 is 1.23 bits per heavy atom. The molecule has 2 aliphatic rings. The lowest BCUT2D eigenvalue weighted by Gasteiger charge is -2.31. The third-order valence-corrected chi connectivity index (χ3v) is 7.48. The summed E-state index contributed by atoms with van der Waals surface area (Å²) in [6.07, 6.45) is 4.70. The monoisotopic (exact) mass is 503 g/mol. The van der Waals surface area contributed by atoms with Gasteiger partial charge in [-0.15, -0.1) is 11.3 Å². The van der Waals surface area contributed by atoms with E-state index in [-0.39, 0.29) is 11.8 Å². The largest absolute Gasteiger partial charge is 0.492 e. The molecule has 196 valence electrons. The SMILES string of the molecule is CC.CC.Cc1cc(OCCN2CCOCC2)c(C)c2c1CCC([C@H](C)C(=O)Nc1nccs1)C2. The van der Waals surface area contributed by atoms with Gasteiger partial charge in [0.2, 0.25) is 5.91 Å². The van der Waals surface area contributed by atoms with Gasteiger partial charge in [0.05, 0.1) is 13.2 Å². The van der Waals surface area contributed by atoms with E-state index in [0.717, 1.165) is 57.9 Å². The van der Waals surface area contributed by atoms with Gasteiger partial charge in [0.25, 0.3) is 0 Å². The fourth-order valence-corrected chi connectivity index (χ4v) is 5.26. The Balaban J connectivity index is 0.00000103. The number of carbonyl (C=O) groups excluding carboxylic acids is 1. The number of amides is 1. The number of hydrogen-bond donors (Lipinski definition) is 1. The van der Waals surface area contributed by atoms with E-state index in [2.05, 4.69) is 35.1 Å². The molecule has 7 heteroatoms. The van der Waals surface area contributed by atoms with Crippen LogP contribution in [0, 0.1) is 25.7 Å². The van der Waals surface area contributed by atoms with Crippen LogP contribution in [0.5, 0.6) is 5.75 Å². The number of benzene rings is 1. The first kappa shape index (κ1) is 29.3. The number of anilines is 1.